The molecule has 0 bridgehead atoms. The number of benzene rings is 1. The molecule has 0 spiro atoms. The monoisotopic (exact) mass is 211 g/mol. The van der Waals surface area contributed by atoms with Crippen molar-refractivity contribution in [1.82, 2.24) is 5.32 Å². The molecule has 76 valence electrons. The van der Waals surface area contributed by atoms with Crippen LogP contribution in [0.4, 0.5) is 0 Å². The van der Waals surface area contributed by atoms with Crippen molar-refractivity contribution < 1.29 is 4.74 Å². The van der Waals surface area contributed by atoms with Crippen LogP contribution in [0.2, 0.25) is 5.02 Å². The Morgan fingerprint density at radius 1 is 1.57 bits per heavy atom. The van der Waals surface area contributed by atoms with E-state index in [1.54, 1.807) is 0 Å². The van der Waals surface area contributed by atoms with Crippen LogP contribution in [-0.2, 0) is 0 Å². The molecule has 1 aromatic carbocycles. The van der Waals surface area contributed by atoms with Crippen molar-refractivity contribution >= 4 is 11.6 Å². The molecule has 14 heavy (non-hydrogen) atoms. The molecule has 0 amide bonds. The first-order valence-electron chi connectivity index (χ1n) is 4.97. The van der Waals surface area contributed by atoms with Crippen LogP contribution in [0.3, 0.4) is 0 Å². The third-order valence-electron chi connectivity index (χ3n) is 2.46. The lowest BCUT2D eigenvalue weighted by Crippen LogP contribution is -2.26. The fraction of sp³-hybridized carbons (Fsp3) is 0.455. The summed E-state index contributed by atoms with van der Waals surface area (Å²) in [6.07, 6.45) is 1.02. The first-order valence-corrected chi connectivity index (χ1v) is 5.34. The molecule has 2 rings (SSSR count). The minimum absolute atomic E-state index is 0.391. The Bertz CT molecular complexity index is 327. The van der Waals surface area contributed by atoms with Crippen molar-refractivity contribution in [3.63, 3.8) is 0 Å². The molecule has 0 saturated carbocycles. The smallest absolute Gasteiger partial charge is 0.124 e. The second kappa shape index (κ2) is 4.20. The van der Waals surface area contributed by atoms with Crippen LogP contribution in [0.15, 0.2) is 18.2 Å². The SMILES string of the molecule is CCNC1CCOc2ccc(Cl)cc21. The van der Waals surface area contributed by atoms with Crippen molar-refractivity contribution in [2.45, 2.75) is 19.4 Å². The number of rotatable bonds is 2. The Labute approximate surface area is 89.2 Å². The number of ether oxygens (including phenoxy) is 1. The second-order valence-electron chi connectivity index (χ2n) is 3.43. The summed E-state index contributed by atoms with van der Waals surface area (Å²) in [5.74, 6) is 0.964. The first kappa shape index (κ1) is 9.81. The Hall–Kier alpha value is -0.730. The zero-order chi connectivity index (χ0) is 9.97. The Balaban J connectivity index is 2.32. The molecule has 1 heterocycles. The quantitative estimate of drug-likeness (QED) is 0.813. The minimum Gasteiger partial charge on any atom is -0.493 e. The number of halogens is 1. The predicted octanol–water partition coefficient (Wildman–Crippen LogP) is 2.77. The Kier molecular flexibility index (Phi) is 2.94. The van der Waals surface area contributed by atoms with Gasteiger partial charge < -0.3 is 10.1 Å². The second-order valence-corrected chi connectivity index (χ2v) is 3.87. The van der Waals surface area contributed by atoms with Gasteiger partial charge in [0, 0.05) is 23.0 Å². The largest absolute Gasteiger partial charge is 0.493 e. The molecule has 1 aliphatic rings. The summed E-state index contributed by atoms with van der Waals surface area (Å²) in [6.45, 7) is 3.86. The highest BCUT2D eigenvalue weighted by molar-refractivity contribution is 6.30. The molecule has 1 unspecified atom stereocenters. The number of nitrogens with one attached hydrogen (secondary N) is 1. The maximum atomic E-state index is 5.96. The highest BCUT2D eigenvalue weighted by Gasteiger charge is 2.20. The van der Waals surface area contributed by atoms with Crippen LogP contribution in [-0.4, -0.2) is 13.2 Å². The standard InChI is InChI=1S/C11H14ClNO/c1-2-13-10-5-6-14-11-4-3-8(12)7-9(10)11/h3-4,7,10,13H,2,5-6H2,1H3. The molecule has 0 fully saturated rings. The summed E-state index contributed by atoms with van der Waals surface area (Å²) < 4.78 is 5.56. The summed E-state index contributed by atoms with van der Waals surface area (Å²) in [4.78, 5) is 0. The topological polar surface area (TPSA) is 21.3 Å². The van der Waals surface area contributed by atoms with Crippen molar-refractivity contribution in [2.24, 2.45) is 0 Å². The molecule has 1 aliphatic heterocycles. The van der Waals surface area contributed by atoms with Gasteiger partial charge in [-0.05, 0) is 24.7 Å². The third kappa shape index (κ3) is 1.86. The predicted molar refractivity (Wildman–Crippen MR) is 58.0 cm³/mol. The summed E-state index contributed by atoms with van der Waals surface area (Å²) >= 11 is 5.96. The van der Waals surface area contributed by atoms with Crippen LogP contribution in [0, 0.1) is 0 Å². The van der Waals surface area contributed by atoms with E-state index in [9.17, 15) is 0 Å². The molecule has 2 nitrogen and oxygen atoms in total. The zero-order valence-corrected chi connectivity index (χ0v) is 8.97. The Morgan fingerprint density at radius 2 is 2.43 bits per heavy atom. The van der Waals surface area contributed by atoms with Gasteiger partial charge in [-0.2, -0.15) is 0 Å². The van der Waals surface area contributed by atoms with E-state index in [0.717, 1.165) is 30.3 Å². The average molecular weight is 212 g/mol. The van der Waals surface area contributed by atoms with Crippen molar-refractivity contribution in [3.8, 4) is 5.75 Å². The van der Waals surface area contributed by atoms with Gasteiger partial charge in [0.15, 0.2) is 0 Å². The molecule has 3 heteroatoms. The van der Waals surface area contributed by atoms with E-state index in [1.165, 1.54) is 5.56 Å². The molecular formula is C11H14ClNO. The van der Waals surface area contributed by atoms with Crippen molar-refractivity contribution in [1.29, 1.82) is 0 Å². The van der Waals surface area contributed by atoms with Gasteiger partial charge in [0.1, 0.15) is 5.75 Å². The average Bonchev–Trinajstić information content (AvgIpc) is 2.19. The van der Waals surface area contributed by atoms with Gasteiger partial charge >= 0.3 is 0 Å². The van der Waals surface area contributed by atoms with Crippen LogP contribution in [0.1, 0.15) is 24.9 Å². The normalized spacial score (nSPS) is 20.0. The van der Waals surface area contributed by atoms with E-state index in [4.69, 9.17) is 16.3 Å². The lowest BCUT2D eigenvalue weighted by Gasteiger charge is -2.26. The minimum atomic E-state index is 0.391. The summed E-state index contributed by atoms with van der Waals surface area (Å²) in [6, 6.07) is 6.20. The van der Waals surface area contributed by atoms with Crippen LogP contribution in [0.5, 0.6) is 5.75 Å². The van der Waals surface area contributed by atoms with Crippen molar-refractivity contribution in [3.05, 3.63) is 28.8 Å². The van der Waals surface area contributed by atoms with Crippen LogP contribution in [0.25, 0.3) is 0 Å². The summed E-state index contributed by atoms with van der Waals surface area (Å²) in [5, 5.41) is 4.20. The summed E-state index contributed by atoms with van der Waals surface area (Å²) in [5.41, 5.74) is 1.19. The van der Waals surface area contributed by atoms with Gasteiger partial charge in [-0.3, -0.25) is 0 Å². The number of hydrogen-bond donors (Lipinski definition) is 1. The molecule has 0 aliphatic carbocycles. The maximum Gasteiger partial charge on any atom is 0.124 e. The van der Waals surface area contributed by atoms with E-state index in [2.05, 4.69) is 12.2 Å². The lowest BCUT2D eigenvalue weighted by atomic mass is 10.0. The molecular weight excluding hydrogens is 198 g/mol. The van der Waals surface area contributed by atoms with E-state index < -0.39 is 0 Å². The highest BCUT2D eigenvalue weighted by atomic mass is 35.5. The molecule has 0 radical (unpaired) electrons. The van der Waals surface area contributed by atoms with E-state index in [0.29, 0.717) is 6.04 Å². The van der Waals surface area contributed by atoms with Gasteiger partial charge in [-0.25, -0.2) is 0 Å². The maximum absolute atomic E-state index is 5.96. The lowest BCUT2D eigenvalue weighted by molar-refractivity contribution is 0.254. The van der Waals surface area contributed by atoms with Gasteiger partial charge in [0.05, 0.1) is 6.61 Å². The van der Waals surface area contributed by atoms with Gasteiger partial charge in [0.2, 0.25) is 0 Å². The van der Waals surface area contributed by atoms with Crippen molar-refractivity contribution in [2.75, 3.05) is 13.2 Å². The van der Waals surface area contributed by atoms with Crippen LogP contribution < -0.4 is 10.1 Å². The van der Waals surface area contributed by atoms with Gasteiger partial charge in [-0.15, -0.1) is 0 Å². The highest BCUT2D eigenvalue weighted by Crippen LogP contribution is 2.33. The molecule has 0 saturated heterocycles. The summed E-state index contributed by atoms with van der Waals surface area (Å²) in [7, 11) is 0. The molecule has 1 atom stereocenters. The fourth-order valence-electron chi connectivity index (χ4n) is 1.82. The Morgan fingerprint density at radius 3 is 3.21 bits per heavy atom. The number of fused-ring (bicyclic) bond motifs is 1. The van der Waals surface area contributed by atoms with E-state index in [-0.39, 0.29) is 0 Å². The fourth-order valence-corrected chi connectivity index (χ4v) is 2.00. The molecule has 1 N–H and O–H groups in total. The third-order valence-corrected chi connectivity index (χ3v) is 2.70. The van der Waals surface area contributed by atoms with Crippen LogP contribution >= 0.6 is 11.6 Å². The van der Waals surface area contributed by atoms with Gasteiger partial charge in [0.25, 0.3) is 0 Å². The van der Waals surface area contributed by atoms with Gasteiger partial charge in [-0.1, -0.05) is 18.5 Å². The molecule has 1 aromatic rings. The van der Waals surface area contributed by atoms with E-state index in [1.807, 2.05) is 18.2 Å². The zero-order valence-electron chi connectivity index (χ0n) is 8.22. The first-order chi connectivity index (χ1) is 6.81. The number of hydrogen-bond acceptors (Lipinski definition) is 2. The van der Waals surface area contributed by atoms with E-state index >= 15 is 0 Å². The molecule has 0 aromatic heterocycles.